The van der Waals surface area contributed by atoms with Crippen molar-refractivity contribution in [2.45, 2.75) is 51.1 Å². The molecule has 6 rings (SSSR count). The van der Waals surface area contributed by atoms with Gasteiger partial charge in [0, 0.05) is 20.6 Å². The van der Waals surface area contributed by atoms with Crippen molar-refractivity contribution in [3.8, 4) is 22.3 Å². The molecule has 6 aromatic rings. The van der Waals surface area contributed by atoms with Crippen molar-refractivity contribution in [3.05, 3.63) is 131 Å². The fourth-order valence-corrected chi connectivity index (χ4v) is 5.32. The van der Waals surface area contributed by atoms with E-state index in [2.05, 4.69) is 13.1 Å². The monoisotopic (exact) mass is 864 g/mol. The van der Waals surface area contributed by atoms with Crippen molar-refractivity contribution in [2.75, 3.05) is 0 Å². The van der Waals surface area contributed by atoms with Gasteiger partial charge in [-0.2, -0.15) is 56.0 Å². The summed E-state index contributed by atoms with van der Waals surface area (Å²) in [5, 5.41) is 3.90. The first kappa shape index (κ1) is 43.5. The predicted molar refractivity (Wildman–Crippen MR) is 189 cm³/mol. The number of benzene rings is 4. The van der Waals surface area contributed by atoms with E-state index in [1.807, 2.05) is 74.5 Å². The molecule has 0 spiro atoms. The Hall–Kier alpha value is -2.92. The van der Waals surface area contributed by atoms with Crippen LogP contribution in [0.5, 0.6) is 0 Å². The number of halogens is 12. The molecule has 0 aliphatic rings. The van der Waals surface area contributed by atoms with Crippen molar-refractivity contribution in [1.29, 1.82) is 0 Å². The van der Waals surface area contributed by atoms with Crippen molar-refractivity contribution in [3.63, 3.8) is 0 Å². The molecule has 0 saturated carbocycles. The molecule has 14 heteroatoms. The van der Waals surface area contributed by atoms with Gasteiger partial charge in [0.25, 0.3) is 0 Å². The maximum atomic E-state index is 13.3. The van der Waals surface area contributed by atoms with Crippen LogP contribution >= 0.6 is 17.0 Å². The Morgan fingerprint density at radius 3 is 1.08 bits per heavy atom. The number of aryl methyl sites for hydroxylation is 2. The van der Waals surface area contributed by atoms with Gasteiger partial charge in [0.1, 0.15) is 0 Å². The van der Waals surface area contributed by atoms with Gasteiger partial charge in [-0.15, -0.1) is 69.1 Å². The Labute approximate surface area is 316 Å². The van der Waals surface area contributed by atoms with E-state index < -0.39 is 56.2 Å². The maximum absolute atomic E-state index is 13.3. The van der Waals surface area contributed by atoms with E-state index in [9.17, 15) is 43.9 Å². The molecule has 0 aliphatic heterocycles. The summed E-state index contributed by atoms with van der Waals surface area (Å²) in [4.78, 5) is 0. The van der Waals surface area contributed by atoms with E-state index in [0.717, 1.165) is 77.6 Å². The number of alkyl halides is 10. The van der Waals surface area contributed by atoms with Gasteiger partial charge < -0.3 is 0 Å². The molecule has 0 saturated heterocycles. The van der Waals surface area contributed by atoms with Crippen molar-refractivity contribution >= 4 is 48.1 Å². The summed E-state index contributed by atoms with van der Waals surface area (Å²) in [6.45, 7) is 8.19. The second-order valence-corrected chi connectivity index (χ2v) is 16.3. The van der Waals surface area contributed by atoms with E-state index in [-0.39, 0.29) is 0 Å². The second-order valence-electron chi connectivity index (χ2n) is 11.6. The molecule has 0 unspecified atom stereocenters. The molecule has 274 valence electrons. The summed E-state index contributed by atoms with van der Waals surface area (Å²) >= 11 is -0.826. The van der Waals surface area contributed by atoms with Gasteiger partial charge in [0.2, 0.25) is 0 Å². The molecule has 0 N–H and O–H groups in total. The Kier molecular flexibility index (Phi) is 15.0. The Bertz CT molecular complexity index is 1880. The van der Waals surface area contributed by atoms with Crippen LogP contribution in [0.25, 0.3) is 43.8 Å². The zero-order valence-electron chi connectivity index (χ0n) is 27.9. The van der Waals surface area contributed by atoms with Crippen LogP contribution < -0.4 is 0 Å². The number of fused-ring (bicyclic) bond motifs is 2. The SMILES string of the molecule is C[Si]C.Cc1cc2c(-c3ccc(C(F)(F)C(F)(F)F)cc3)cccc2[cH-]1.Cc1cc2c(-c3ccc(C(F)(F)C(F)(F)F)cc3)cccc2[cH-]1.[Cl][Zr+2][Cl]. The molecule has 0 aromatic heterocycles. The molecule has 0 amide bonds. The van der Waals surface area contributed by atoms with Gasteiger partial charge in [0.05, 0.1) is 0 Å². The van der Waals surface area contributed by atoms with E-state index in [0.29, 0.717) is 11.1 Å². The predicted octanol–water partition coefficient (Wildman–Crippen LogP) is 14.5. The van der Waals surface area contributed by atoms with Gasteiger partial charge in [-0.25, -0.2) is 0 Å². The van der Waals surface area contributed by atoms with Crippen LogP contribution in [0.15, 0.2) is 109 Å². The molecule has 0 atom stereocenters. The van der Waals surface area contributed by atoms with Gasteiger partial charge >= 0.3 is 62.1 Å². The first-order chi connectivity index (χ1) is 24.2. The summed E-state index contributed by atoms with van der Waals surface area (Å²) in [5.74, 6) is -9.71. The zero-order chi connectivity index (χ0) is 39.1. The first-order valence-corrected chi connectivity index (χ1v) is 23.5. The third-order valence-corrected chi connectivity index (χ3v) is 7.62. The van der Waals surface area contributed by atoms with E-state index in [1.165, 1.54) is 24.3 Å². The third-order valence-electron chi connectivity index (χ3n) is 7.62. The van der Waals surface area contributed by atoms with Crippen LogP contribution in [0, 0.1) is 13.8 Å². The van der Waals surface area contributed by atoms with Crippen molar-refractivity contribution in [2.24, 2.45) is 0 Å². The molecule has 0 aliphatic carbocycles. The Morgan fingerprint density at radius 2 is 0.808 bits per heavy atom. The molecule has 0 heterocycles. The minimum atomic E-state index is -5.60. The first-order valence-electron chi connectivity index (χ1n) is 15.2. The van der Waals surface area contributed by atoms with E-state index in [4.69, 9.17) is 17.0 Å². The Morgan fingerprint density at radius 1 is 0.519 bits per heavy atom. The van der Waals surface area contributed by atoms with Gasteiger partial charge in [-0.3, -0.25) is 0 Å². The van der Waals surface area contributed by atoms with Crippen LogP contribution in [0.3, 0.4) is 0 Å². The molecular weight excluding hydrogens is 837 g/mol. The summed E-state index contributed by atoms with van der Waals surface area (Å²) in [7, 11) is 11.0. The zero-order valence-corrected chi connectivity index (χ0v) is 32.9. The third kappa shape index (κ3) is 10.2. The second kappa shape index (κ2) is 17.9. The quantitative estimate of drug-likeness (QED) is 0.0941. The van der Waals surface area contributed by atoms with Crippen molar-refractivity contribution < 1.29 is 64.8 Å². The summed E-state index contributed by atoms with van der Waals surface area (Å²) < 4.78 is 128. The number of hydrogen-bond donors (Lipinski definition) is 0. The van der Waals surface area contributed by atoms with E-state index >= 15 is 0 Å². The fraction of sp³-hybridized carbons (Fsp3) is 0.211. The average Bonchev–Trinajstić information content (AvgIpc) is 3.65. The summed E-state index contributed by atoms with van der Waals surface area (Å²) in [6.07, 6.45) is -11.2. The summed E-state index contributed by atoms with van der Waals surface area (Å²) in [5.41, 5.74) is 2.82. The molecule has 0 bridgehead atoms. The molecule has 0 nitrogen and oxygen atoms in total. The van der Waals surface area contributed by atoms with Gasteiger partial charge in [-0.05, 0) is 11.1 Å². The number of rotatable bonds is 4. The number of hydrogen-bond acceptors (Lipinski definition) is 0. The normalized spacial score (nSPS) is 11.8. The standard InChI is InChI=1S/2C18H12F5.C2H6Si.2ClH.Zr/c2*1-11-9-13-3-2-4-15(16(13)10-11)12-5-7-14(8-6-12)17(19,20)18(21,22)23;1-3-2;;;/h2*2-10H,1H3;1-2H3;2*1H;/q2*-1;;;;+4/p-2. The van der Waals surface area contributed by atoms with Crippen molar-refractivity contribution in [1.82, 2.24) is 0 Å². The summed E-state index contributed by atoms with van der Waals surface area (Å²) in [6, 6.07) is 27.6. The molecule has 0 fully saturated rings. The van der Waals surface area contributed by atoms with E-state index in [1.54, 1.807) is 0 Å². The minimum absolute atomic E-state index is 0.600. The molecule has 6 aromatic carbocycles. The van der Waals surface area contributed by atoms with Crippen LogP contribution in [-0.4, -0.2) is 21.9 Å². The molecule has 2 radical (unpaired) electrons. The van der Waals surface area contributed by atoms with Crippen LogP contribution in [0.1, 0.15) is 22.3 Å². The van der Waals surface area contributed by atoms with Gasteiger partial charge in [0.15, 0.2) is 0 Å². The fourth-order valence-electron chi connectivity index (χ4n) is 5.32. The molecule has 52 heavy (non-hydrogen) atoms. The Balaban J connectivity index is 0.000000244. The molecular formula is C38H30Cl2F10SiZr. The topological polar surface area (TPSA) is 0 Å². The van der Waals surface area contributed by atoms with Crippen LogP contribution in [0.2, 0.25) is 13.1 Å². The van der Waals surface area contributed by atoms with Crippen LogP contribution in [-0.2, 0) is 32.7 Å². The van der Waals surface area contributed by atoms with Gasteiger partial charge in [-0.1, -0.05) is 98.7 Å². The van der Waals surface area contributed by atoms with Crippen LogP contribution in [0.4, 0.5) is 43.9 Å². The average molecular weight is 867 g/mol.